The van der Waals surface area contributed by atoms with E-state index in [9.17, 15) is 4.79 Å². The minimum atomic E-state index is -0.547. The molecule has 0 saturated carbocycles. The first-order valence-corrected chi connectivity index (χ1v) is 14.1. The highest BCUT2D eigenvalue weighted by Gasteiger charge is 2.25. The molecule has 1 aromatic heterocycles. The van der Waals surface area contributed by atoms with Crippen LogP contribution in [-0.4, -0.2) is 61.3 Å². The highest BCUT2D eigenvalue weighted by atomic mass is 16.6. The van der Waals surface area contributed by atoms with Gasteiger partial charge in [0.15, 0.2) is 0 Å². The fraction of sp³-hybridized carbons (Fsp3) is 0.303. The zero-order valence-electron chi connectivity index (χ0n) is 24.9. The molecule has 1 fully saturated rings. The van der Waals surface area contributed by atoms with Gasteiger partial charge < -0.3 is 24.6 Å². The van der Waals surface area contributed by atoms with Crippen molar-refractivity contribution in [2.45, 2.75) is 32.9 Å². The predicted molar refractivity (Wildman–Crippen MR) is 167 cm³/mol. The standard InChI is InChI=1S/C33H38N6O3/c1-23-9-8-10-24(2)31(23)42-33(40)39(21-25-11-6-7-12-29(25)41-5)30-17-19-34-32(36-30)35-26-13-15-27(16-14-26)38-20-18-28(22-38)37(3)4/h6-17,19,28H,18,20-22H2,1-5H3,(H,34,35,36). The Morgan fingerprint density at radius 1 is 1.00 bits per heavy atom. The summed E-state index contributed by atoms with van der Waals surface area (Å²) in [6.45, 7) is 6.10. The molecule has 0 bridgehead atoms. The van der Waals surface area contributed by atoms with E-state index in [-0.39, 0.29) is 6.54 Å². The van der Waals surface area contributed by atoms with Gasteiger partial charge in [-0.05, 0) is 81.9 Å². The van der Waals surface area contributed by atoms with E-state index >= 15 is 0 Å². The van der Waals surface area contributed by atoms with Gasteiger partial charge in [-0.1, -0.05) is 36.4 Å². The Bertz CT molecular complexity index is 1500. The summed E-state index contributed by atoms with van der Waals surface area (Å²) in [5, 5.41) is 3.28. The third-order valence-electron chi connectivity index (χ3n) is 7.64. The fourth-order valence-corrected chi connectivity index (χ4v) is 5.19. The van der Waals surface area contributed by atoms with Crippen molar-refractivity contribution < 1.29 is 14.3 Å². The Morgan fingerprint density at radius 3 is 2.43 bits per heavy atom. The molecule has 3 aromatic carbocycles. The van der Waals surface area contributed by atoms with Crippen molar-refractivity contribution in [1.82, 2.24) is 14.9 Å². The highest BCUT2D eigenvalue weighted by molar-refractivity contribution is 5.88. The van der Waals surface area contributed by atoms with Gasteiger partial charge in [-0.3, -0.25) is 4.90 Å². The number of nitrogens with one attached hydrogen (secondary N) is 1. The lowest BCUT2D eigenvalue weighted by Gasteiger charge is -2.23. The predicted octanol–water partition coefficient (Wildman–Crippen LogP) is 6.19. The van der Waals surface area contributed by atoms with Crippen LogP contribution in [0.2, 0.25) is 0 Å². The van der Waals surface area contributed by atoms with Gasteiger partial charge in [0.1, 0.15) is 17.3 Å². The molecule has 1 aliphatic heterocycles. The van der Waals surface area contributed by atoms with Gasteiger partial charge in [-0.15, -0.1) is 0 Å². The lowest BCUT2D eigenvalue weighted by Crippen LogP contribution is -2.34. The Balaban J connectivity index is 1.38. The molecular weight excluding hydrogens is 528 g/mol. The van der Waals surface area contributed by atoms with E-state index in [1.165, 1.54) is 10.6 Å². The first-order valence-electron chi connectivity index (χ1n) is 14.1. The quantitative estimate of drug-likeness (QED) is 0.257. The van der Waals surface area contributed by atoms with Crippen LogP contribution in [0.1, 0.15) is 23.1 Å². The van der Waals surface area contributed by atoms with E-state index in [1.54, 1.807) is 19.4 Å². The number of anilines is 4. The highest BCUT2D eigenvalue weighted by Crippen LogP contribution is 2.28. The third-order valence-corrected chi connectivity index (χ3v) is 7.64. The number of rotatable bonds is 9. The summed E-state index contributed by atoms with van der Waals surface area (Å²) in [6, 6.07) is 23.9. The minimum absolute atomic E-state index is 0.197. The SMILES string of the molecule is COc1ccccc1CN(C(=O)Oc1c(C)cccc1C)c1ccnc(Nc2ccc(N3CCC(N(C)C)C3)cc2)n1. The van der Waals surface area contributed by atoms with Gasteiger partial charge in [-0.2, -0.15) is 4.98 Å². The summed E-state index contributed by atoms with van der Waals surface area (Å²) in [4.78, 5) is 29.0. The van der Waals surface area contributed by atoms with E-state index < -0.39 is 6.09 Å². The van der Waals surface area contributed by atoms with Crippen LogP contribution in [0.4, 0.5) is 27.9 Å². The van der Waals surface area contributed by atoms with E-state index in [2.05, 4.69) is 46.3 Å². The smallest absolute Gasteiger partial charge is 0.421 e. The Hall–Kier alpha value is -4.63. The number of hydrogen-bond acceptors (Lipinski definition) is 8. The Labute approximate surface area is 247 Å². The molecule has 1 unspecified atom stereocenters. The number of aromatic nitrogens is 2. The lowest BCUT2D eigenvalue weighted by atomic mass is 10.1. The molecule has 218 valence electrons. The van der Waals surface area contributed by atoms with Crippen LogP contribution in [0, 0.1) is 13.8 Å². The molecule has 9 heteroatoms. The molecule has 4 aromatic rings. The van der Waals surface area contributed by atoms with E-state index in [1.807, 2.05) is 68.4 Å². The molecule has 0 aliphatic carbocycles. The third kappa shape index (κ3) is 6.63. The van der Waals surface area contributed by atoms with Crippen LogP contribution < -0.4 is 24.6 Å². The maximum Gasteiger partial charge on any atom is 0.421 e. The maximum absolute atomic E-state index is 13.7. The number of methoxy groups -OCH3 is 1. The van der Waals surface area contributed by atoms with Crippen molar-refractivity contribution in [2.75, 3.05) is 49.4 Å². The molecule has 1 saturated heterocycles. The number of nitrogens with zero attached hydrogens (tertiary/aromatic N) is 5. The number of aryl methyl sites for hydroxylation is 2. The lowest BCUT2D eigenvalue weighted by molar-refractivity contribution is 0.206. The van der Waals surface area contributed by atoms with Crippen molar-refractivity contribution in [3.05, 3.63) is 95.7 Å². The average molecular weight is 567 g/mol. The summed E-state index contributed by atoms with van der Waals surface area (Å²) in [5.41, 5.74) is 4.62. The first-order chi connectivity index (χ1) is 20.3. The number of ether oxygens (including phenoxy) is 2. The number of para-hydroxylation sites is 2. The molecule has 1 atom stereocenters. The molecule has 1 N–H and O–H groups in total. The minimum Gasteiger partial charge on any atom is -0.496 e. The summed E-state index contributed by atoms with van der Waals surface area (Å²) in [5.74, 6) is 1.98. The fourth-order valence-electron chi connectivity index (χ4n) is 5.19. The topological polar surface area (TPSA) is 83.1 Å². The Morgan fingerprint density at radius 2 is 1.74 bits per heavy atom. The summed E-state index contributed by atoms with van der Waals surface area (Å²) in [6.07, 6.45) is 2.24. The zero-order valence-corrected chi connectivity index (χ0v) is 24.9. The summed E-state index contributed by atoms with van der Waals surface area (Å²) < 4.78 is 11.5. The van der Waals surface area contributed by atoms with Crippen LogP contribution in [0.5, 0.6) is 11.5 Å². The van der Waals surface area contributed by atoms with Crippen LogP contribution in [-0.2, 0) is 6.54 Å². The second kappa shape index (κ2) is 12.9. The maximum atomic E-state index is 13.7. The van der Waals surface area contributed by atoms with Crippen LogP contribution in [0.25, 0.3) is 0 Å². The summed E-state index contributed by atoms with van der Waals surface area (Å²) in [7, 11) is 5.88. The molecule has 9 nitrogen and oxygen atoms in total. The second-order valence-electron chi connectivity index (χ2n) is 10.7. The van der Waals surface area contributed by atoms with Gasteiger partial charge >= 0.3 is 6.09 Å². The van der Waals surface area contributed by atoms with Crippen molar-refractivity contribution >= 4 is 29.2 Å². The van der Waals surface area contributed by atoms with Gasteiger partial charge in [0, 0.05) is 42.3 Å². The number of likely N-dealkylation sites (N-methyl/N-ethyl adjacent to an activating group) is 1. The zero-order chi connectivity index (χ0) is 29.6. The molecule has 42 heavy (non-hydrogen) atoms. The molecule has 1 amide bonds. The molecule has 0 spiro atoms. The number of hydrogen-bond donors (Lipinski definition) is 1. The number of benzene rings is 3. The number of carbonyl (C=O) groups is 1. The van der Waals surface area contributed by atoms with E-state index in [0.717, 1.165) is 41.9 Å². The van der Waals surface area contributed by atoms with Crippen molar-refractivity contribution in [3.63, 3.8) is 0 Å². The molecule has 0 radical (unpaired) electrons. The normalized spacial score (nSPS) is 14.6. The summed E-state index contributed by atoms with van der Waals surface area (Å²) >= 11 is 0. The van der Waals surface area contributed by atoms with Crippen molar-refractivity contribution in [1.29, 1.82) is 0 Å². The monoisotopic (exact) mass is 566 g/mol. The van der Waals surface area contributed by atoms with Gasteiger partial charge in [0.2, 0.25) is 5.95 Å². The van der Waals surface area contributed by atoms with Crippen molar-refractivity contribution in [3.8, 4) is 11.5 Å². The number of amides is 1. The van der Waals surface area contributed by atoms with Gasteiger partial charge in [-0.25, -0.2) is 9.78 Å². The van der Waals surface area contributed by atoms with E-state index in [4.69, 9.17) is 14.5 Å². The first kappa shape index (κ1) is 28.9. The van der Waals surface area contributed by atoms with Crippen LogP contribution in [0.3, 0.4) is 0 Å². The average Bonchev–Trinajstić information content (AvgIpc) is 3.49. The van der Waals surface area contributed by atoms with E-state index in [0.29, 0.717) is 29.3 Å². The molecule has 2 heterocycles. The molecule has 5 rings (SSSR count). The van der Waals surface area contributed by atoms with Gasteiger partial charge in [0.05, 0.1) is 13.7 Å². The number of carbonyl (C=O) groups excluding carboxylic acids is 1. The molecule has 1 aliphatic rings. The second-order valence-corrected chi connectivity index (χ2v) is 10.7. The van der Waals surface area contributed by atoms with Gasteiger partial charge in [0.25, 0.3) is 0 Å². The van der Waals surface area contributed by atoms with Crippen molar-refractivity contribution in [2.24, 2.45) is 0 Å². The largest absolute Gasteiger partial charge is 0.496 e. The van der Waals surface area contributed by atoms with Crippen LogP contribution in [0.15, 0.2) is 79.0 Å². The Kier molecular flexibility index (Phi) is 8.88. The molecular formula is C33H38N6O3. The van der Waals surface area contributed by atoms with Crippen LogP contribution >= 0.6 is 0 Å².